The normalized spacial score (nSPS) is 28.6. The Labute approximate surface area is 99.3 Å². The second kappa shape index (κ2) is 3.97. The molecule has 2 aliphatic rings. The number of hydrogen-bond acceptors (Lipinski definition) is 4. The van der Waals surface area contributed by atoms with Gasteiger partial charge in [-0.05, 0) is 25.2 Å². The van der Waals surface area contributed by atoms with Crippen molar-refractivity contribution >= 4 is 21.7 Å². The molecule has 6 nitrogen and oxygen atoms in total. The lowest BCUT2D eigenvalue weighted by atomic mass is 10.1. The van der Waals surface area contributed by atoms with Crippen LogP contribution in [0, 0.1) is 11.3 Å². The Morgan fingerprint density at radius 1 is 1.35 bits per heavy atom. The molecule has 2 N–H and O–H groups in total. The Morgan fingerprint density at radius 3 is 2.41 bits per heavy atom. The number of carbonyl (C=O) groups excluding carboxylic acids is 1. The predicted molar refractivity (Wildman–Crippen MR) is 59.1 cm³/mol. The smallest absolute Gasteiger partial charge is 0.319 e. The summed E-state index contributed by atoms with van der Waals surface area (Å²) in [5, 5.41) is 11.5. The molecule has 1 aliphatic heterocycles. The lowest BCUT2D eigenvalue weighted by molar-refractivity contribution is -0.149. The van der Waals surface area contributed by atoms with Crippen LogP contribution in [0.15, 0.2) is 0 Å². The van der Waals surface area contributed by atoms with Crippen molar-refractivity contribution in [1.29, 1.82) is 0 Å². The lowest BCUT2D eigenvalue weighted by Gasteiger charge is -2.13. The van der Waals surface area contributed by atoms with Crippen LogP contribution in [0.4, 0.5) is 0 Å². The largest absolute Gasteiger partial charge is 0.480 e. The van der Waals surface area contributed by atoms with Gasteiger partial charge >= 0.3 is 5.97 Å². The third-order valence-corrected chi connectivity index (χ3v) is 5.31. The van der Waals surface area contributed by atoms with Crippen LogP contribution in [0.2, 0.25) is 0 Å². The van der Waals surface area contributed by atoms with Gasteiger partial charge in [-0.1, -0.05) is 0 Å². The van der Waals surface area contributed by atoms with Crippen molar-refractivity contribution < 1.29 is 23.1 Å². The molecule has 0 aromatic carbocycles. The van der Waals surface area contributed by atoms with Crippen molar-refractivity contribution in [3.8, 4) is 0 Å². The van der Waals surface area contributed by atoms with Gasteiger partial charge in [0.25, 0.3) is 0 Å². The van der Waals surface area contributed by atoms with Crippen LogP contribution in [-0.4, -0.2) is 43.5 Å². The van der Waals surface area contributed by atoms with Crippen LogP contribution in [0.3, 0.4) is 0 Å². The van der Waals surface area contributed by atoms with Gasteiger partial charge in [-0.15, -0.1) is 0 Å². The summed E-state index contributed by atoms with van der Waals surface area (Å²) in [5.74, 6) is -1.39. The van der Waals surface area contributed by atoms with Gasteiger partial charge in [0.05, 0.1) is 11.5 Å². The zero-order valence-corrected chi connectivity index (χ0v) is 10.1. The zero-order valence-electron chi connectivity index (χ0n) is 9.31. The highest BCUT2D eigenvalue weighted by Gasteiger charge is 2.57. The molecule has 1 saturated heterocycles. The number of amides is 1. The monoisotopic (exact) mass is 261 g/mol. The van der Waals surface area contributed by atoms with E-state index >= 15 is 0 Å². The minimum atomic E-state index is -2.95. The Balaban J connectivity index is 1.84. The minimum absolute atomic E-state index is 0.0754. The molecule has 7 heteroatoms. The van der Waals surface area contributed by atoms with Crippen molar-refractivity contribution in [3.63, 3.8) is 0 Å². The third-order valence-electron chi connectivity index (χ3n) is 3.47. The molecule has 2 fully saturated rings. The zero-order chi connectivity index (χ0) is 12.7. The second-order valence-electron chi connectivity index (χ2n) is 4.87. The van der Waals surface area contributed by atoms with Crippen molar-refractivity contribution in [3.05, 3.63) is 0 Å². The van der Waals surface area contributed by atoms with E-state index < -0.39 is 27.1 Å². The number of aliphatic carboxylic acids is 1. The molecule has 1 atom stereocenters. The maximum atomic E-state index is 11.6. The maximum Gasteiger partial charge on any atom is 0.319 e. The Kier molecular flexibility index (Phi) is 2.89. The number of rotatable bonds is 4. The summed E-state index contributed by atoms with van der Waals surface area (Å²) in [4.78, 5) is 22.5. The maximum absolute atomic E-state index is 11.6. The fraction of sp³-hybridized carbons (Fsp3) is 0.800. The van der Waals surface area contributed by atoms with Crippen LogP contribution in [0.1, 0.15) is 19.3 Å². The molecule has 1 unspecified atom stereocenters. The Morgan fingerprint density at radius 2 is 2.00 bits per heavy atom. The quantitative estimate of drug-likeness (QED) is 0.658. The molecule has 0 spiro atoms. The molecule has 1 aliphatic carbocycles. The van der Waals surface area contributed by atoms with Crippen LogP contribution < -0.4 is 5.32 Å². The number of hydrogen-bond donors (Lipinski definition) is 2. The summed E-state index contributed by atoms with van der Waals surface area (Å²) in [7, 11) is -2.95. The summed E-state index contributed by atoms with van der Waals surface area (Å²) in [5.41, 5.74) is -1.24. The molecule has 96 valence electrons. The van der Waals surface area contributed by atoms with Gasteiger partial charge in [-0.2, -0.15) is 0 Å². The molecule has 1 amide bonds. The summed E-state index contributed by atoms with van der Waals surface area (Å²) < 4.78 is 22.4. The highest BCUT2D eigenvalue weighted by Crippen LogP contribution is 2.46. The van der Waals surface area contributed by atoms with Crippen LogP contribution in [0.25, 0.3) is 0 Å². The van der Waals surface area contributed by atoms with E-state index in [-0.39, 0.29) is 24.0 Å². The summed E-state index contributed by atoms with van der Waals surface area (Å²) in [6.45, 7) is 0.257. The third kappa shape index (κ3) is 2.43. The number of carbonyl (C=O) groups is 2. The van der Waals surface area contributed by atoms with Crippen molar-refractivity contribution in [2.24, 2.45) is 11.3 Å². The SMILES string of the molecule is O=C(O)C1(C(=O)NCC2CCS(=O)(=O)C2)CC1. The number of sulfone groups is 1. The Bertz CT molecular complexity index is 451. The van der Waals surface area contributed by atoms with E-state index in [1.807, 2.05) is 0 Å². The van der Waals surface area contributed by atoms with Gasteiger partial charge in [-0.3, -0.25) is 9.59 Å². The summed E-state index contributed by atoms with van der Waals surface area (Å²) >= 11 is 0. The van der Waals surface area contributed by atoms with Gasteiger partial charge < -0.3 is 10.4 Å². The first-order valence-electron chi connectivity index (χ1n) is 5.58. The fourth-order valence-electron chi connectivity index (χ4n) is 2.10. The summed E-state index contributed by atoms with van der Waals surface area (Å²) in [6.07, 6.45) is 1.29. The van der Waals surface area contributed by atoms with E-state index in [0.717, 1.165) is 0 Å². The molecule has 1 heterocycles. The van der Waals surface area contributed by atoms with Gasteiger partial charge in [0.15, 0.2) is 9.84 Å². The van der Waals surface area contributed by atoms with Gasteiger partial charge in [0.1, 0.15) is 5.41 Å². The van der Waals surface area contributed by atoms with E-state index in [9.17, 15) is 18.0 Å². The molecular weight excluding hydrogens is 246 g/mol. The predicted octanol–water partition coefficient (Wildman–Crippen LogP) is -0.598. The number of nitrogens with one attached hydrogen (secondary N) is 1. The molecule has 0 aromatic heterocycles. The van der Waals surface area contributed by atoms with E-state index in [1.165, 1.54) is 0 Å². The van der Waals surface area contributed by atoms with Gasteiger partial charge in [0.2, 0.25) is 5.91 Å². The topological polar surface area (TPSA) is 101 Å². The van der Waals surface area contributed by atoms with E-state index in [2.05, 4.69) is 5.32 Å². The molecule has 17 heavy (non-hydrogen) atoms. The molecular formula is C10H15NO5S. The molecule has 0 bridgehead atoms. The second-order valence-corrected chi connectivity index (χ2v) is 7.10. The average molecular weight is 261 g/mol. The first kappa shape index (κ1) is 12.3. The first-order valence-corrected chi connectivity index (χ1v) is 7.40. The highest BCUT2D eigenvalue weighted by atomic mass is 32.2. The van der Waals surface area contributed by atoms with E-state index in [1.54, 1.807) is 0 Å². The van der Waals surface area contributed by atoms with Gasteiger partial charge in [-0.25, -0.2) is 8.42 Å². The standard InChI is InChI=1S/C10H15NO5S/c12-8(10(2-3-10)9(13)14)11-5-7-1-4-17(15,16)6-7/h7H,1-6H2,(H,11,12)(H,13,14). The number of carboxylic acid groups (broad SMARTS) is 1. The average Bonchev–Trinajstić information content (AvgIpc) is 2.97. The highest BCUT2D eigenvalue weighted by molar-refractivity contribution is 7.91. The summed E-state index contributed by atoms with van der Waals surface area (Å²) in [6, 6.07) is 0. The van der Waals surface area contributed by atoms with Crippen LogP contribution in [-0.2, 0) is 19.4 Å². The lowest BCUT2D eigenvalue weighted by Crippen LogP contribution is -2.39. The Hall–Kier alpha value is -1.11. The van der Waals surface area contributed by atoms with Crippen LogP contribution >= 0.6 is 0 Å². The minimum Gasteiger partial charge on any atom is -0.480 e. The van der Waals surface area contributed by atoms with E-state index in [4.69, 9.17) is 5.11 Å². The van der Waals surface area contributed by atoms with Gasteiger partial charge in [0, 0.05) is 6.54 Å². The molecule has 2 rings (SSSR count). The molecule has 0 radical (unpaired) electrons. The van der Waals surface area contributed by atoms with Crippen molar-refractivity contribution in [1.82, 2.24) is 5.32 Å². The van der Waals surface area contributed by atoms with Crippen LogP contribution in [0.5, 0.6) is 0 Å². The molecule has 1 saturated carbocycles. The molecule has 0 aromatic rings. The van der Waals surface area contributed by atoms with E-state index in [0.29, 0.717) is 19.3 Å². The first-order chi connectivity index (χ1) is 7.86. The fourth-order valence-corrected chi connectivity index (χ4v) is 3.96. The number of carboxylic acids is 1. The van der Waals surface area contributed by atoms with Crippen molar-refractivity contribution in [2.45, 2.75) is 19.3 Å². The van der Waals surface area contributed by atoms with Crippen molar-refractivity contribution in [2.75, 3.05) is 18.1 Å².